The number of nitrogens with zero attached hydrogens (tertiary/aromatic N) is 1. The maximum Gasteiger partial charge on any atom is 0.418 e. The average Bonchev–Trinajstić information content (AvgIpc) is 2.51. The summed E-state index contributed by atoms with van der Waals surface area (Å²) in [6, 6.07) is 0.965. The first-order valence-electron chi connectivity index (χ1n) is 7.58. The summed E-state index contributed by atoms with van der Waals surface area (Å²) in [5, 5.41) is 5.55. The minimum absolute atomic E-state index is 0.0263. The highest BCUT2D eigenvalue weighted by Gasteiger charge is 2.40. The van der Waals surface area contributed by atoms with Crippen LogP contribution in [-0.2, 0) is 15.7 Å². The minimum Gasteiger partial charge on any atom is -0.462 e. The maximum atomic E-state index is 13.3. The predicted molar refractivity (Wildman–Crippen MR) is 89.3 cm³/mol. The molecule has 0 saturated heterocycles. The quantitative estimate of drug-likeness (QED) is 0.625. The number of carbonyl (C=O) groups is 1. The largest absolute Gasteiger partial charge is 0.462 e. The third-order valence-corrected chi connectivity index (χ3v) is 3.67. The fraction of sp³-hybridized carbons (Fsp3) is 0.438. The van der Waals surface area contributed by atoms with Gasteiger partial charge in [0.2, 0.25) is 0 Å². The molecule has 0 saturated carbocycles. The fourth-order valence-corrected chi connectivity index (χ4v) is 2.65. The Morgan fingerprint density at radius 2 is 2.12 bits per heavy atom. The predicted octanol–water partition coefficient (Wildman–Crippen LogP) is 3.09. The molecule has 1 aliphatic rings. The second-order valence-corrected chi connectivity index (χ2v) is 6.40. The Bertz CT molecular complexity index is 717. The molecule has 0 radical (unpaired) electrons. The lowest BCUT2D eigenvalue weighted by molar-refractivity contribution is -0.142. The zero-order valence-corrected chi connectivity index (χ0v) is 14.7. The second-order valence-electron chi connectivity index (χ2n) is 6.00. The number of pyridine rings is 1. The Labute approximate surface area is 148 Å². The minimum atomic E-state index is -4.61. The van der Waals surface area contributed by atoms with Crippen molar-refractivity contribution in [1.82, 2.24) is 15.6 Å². The first kappa shape index (κ1) is 19.2. The number of allylic oxidation sites excluding steroid dienone is 1. The highest BCUT2D eigenvalue weighted by atomic mass is 32.1. The van der Waals surface area contributed by atoms with Crippen molar-refractivity contribution in [2.45, 2.75) is 33.0 Å². The zero-order valence-electron chi connectivity index (χ0n) is 13.9. The van der Waals surface area contributed by atoms with E-state index >= 15 is 0 Å². The smallest absolute Gasteiger partial charge is 0.418 e. The molecule has 5 nitrogen and oxygen atoms in total. The van der Waals surface area contributed by atoms with E-state index in [4.69, 9.17) is 17.0 Å². The third-order valence-electron chi connectivity index (χ3n) is 3.45. The van der Waals surface area contributed by atoms with Crippen LogP contribution in [0.5, 0.6) is 0 Å². The normalized spacial score (nSPS) is 18.0. The molecule has 1 atom stereocenters. The van der Waals surface area contributed by atoms with E-state index in [0.29, 0.717) is 5.70 Å². The lowest BCUT2D eigenvalue weighted by Gasteiger charge is -2.30. The number of esters is 1. The number of carbonyl (C=O) groups excluding carboxylic acids is 1. The summed E-state index contributed by atoms with van der Waals surface area (Å²) in [5.74, 6) is -0.619. The molecule has 0 fully saturated rings. The van der Waals surface area contributed by atoms with E-state index in [0.717, 1.165) is 6.07 Å². The SMILES string of the molecule is CC1=C(C(=O)OCC(C)C)[C@H](c2ncccc2C(F)(F)F)NC(=S)N1. The number of halogens is 3. The Balaban J connectivity index is 2.49. The van der Waals surface area contributed by atoms with Gasteiger partial charge in [0, 0.05) is 11.9 Å². The van der Waals surface area contributed by atoms with Crippen molar-refractivity contribution in [2.24, 2.45) is 5.92 Å². The molecule has 0 amide bonds. The Hall–Kier alpha value is -2.16. The van der Waals surface area contributed by atoms with Gasteiger partial charge in [-0.05, 0) is 37.2 Å². The van der Waals surface area contributed by atoms with Gasteiger partial charge in [0.05, 0.1) is 23.4 Å². The Kier molecular flexibility index (Phi) is 5.66. The molecule has 0 aromatic carbocycles. The van der Waals surface area contributed by atoms with Crippen molar-refractivity contribution in [1.29, 1.82) is 0 Å². The van der Waals surface area contributed by atoms with Crippen molar-refractivity contribution >= 4 is 23.3 Å². The van der Waals surface area contributed by atoms with Crippen LogP contribution >= 0.6 is 12.2 Å². The van der Waals surface area contributed by atoms with Crippen LogP contribution in [0.3, 0.4) is 0 Å². The number of alkyl halides is 3. The van der Waals surface area contributed by atoms with Gasteiger partial charge >= 0.3 is 12.1 Å². The molecule has 1 aromatic heterocycles. The van der Waals surface area contributed by atoms with Gasteiger partial charge in [-0.2, -0.15) is 13.2 Å². The first-order chi connectivity index (χ1) is 11.6. The zero-order chi connectivity index (χ0) is 18.8. The van der Waals surface area contributed by atoms with Crippen molar-refractivity contribution in [3.05, 3.63) is 40.9 Å². The second kappa shape index (κ2) is 7.38. The van der Waals surface area contributed by atoms with Gasteiger partial charge in [0.1, 0.15) is 6.04 Å². The van der Waals surface area contributed by atoms with Crippen molar-refractivity contribution in [3.63, 3.8) is 0 Å². The maximum absolute atomic E-state index is 13.3. The molecule has 136 valence electrons. The highest BCUT2D eigenvalue weighted by molar-refractivity contribution is 7.80. The summed E-state index contributed by atoms with van der Waals surface area (Å²) in [6.07, 6.45) is -3.37. The van der Waals surface area contributed by atoms with Crippen molar-refractivity contribution in [3.8, 4) is 0 Å². The summed E-state index contributed by atoms with van der Waals surface area (Å²) in [7, 11) is 0. The van der Waals surface area contributed by atoms with E-state index < -0.39 is 23.8 Å². The van der Waals surface area contributed by atoms with Crippen LogP contribution in [0.15, 0.2) is 29.6 Å². The van der Waals surface area contributed by atoms with Crippen molar-refractivity contribution in [2.75, 3.05) is 6.61 Å². The molecule has 0 spiro atoms. The molecule has 25 heavy (non-hydrogen) atoms. The van der Waals surface area contributed by atoms with Crippen LogP contribution in [-0.4, -0.2) is 22.7 Å². The molecule has 0 aliphatic carbocycles. The molecule has 2 heterocycles. The van der Waals surface area contributed by atoms with Gasteiger partial charge in [0.15, 0.2) is 5.11 Å². The van der Waals surface area contributed by atoms with Gasteiger partial charge in [-0.25, -0.2) is 4.79 Å². The van der Waals surface area contributed by atoms with Gasteiger partial charge in [-0.1, -0.05) is 13.8 Å². The third kappa shape index (κ3) is 4.47. The van der Waals surface area contributed by atoms with E-state index in [1.807, 2.05) is 13.8 Å². The lowest BCUT2D eigenvalue weighted by atomic mass is 9.96. The molecular weight excluding hydrogens is 355 g/mol. The first-order valence-corrected chi connectivity index (χ1v) is 7.99. The fourth-order valence-electron chi connectivity index (χ4n) is 2.38. The van der Waals surface area contributed by atoms with Crippen LogP contribution in [0.2, 0.25) is 0 Å². The number of ether oxygens (including phenoxy) is 1. The van der Waals surface area contributed by atoms with Crippen LogP contribution in [0.25, 0.3) is 0 Å². The summed E-state index contributed by atoms with van der Waals surface area (Å²) in [5.41, 5.74) is -0.895. The van der Waals surface area contributed by atoms with E-state index in [1.54, 1.807) is 6.92 Å². The molecular formula is C16H18F3N3O2S. The Morgan fingerprint density at radius 3 is 2.72 bits per heavy atom. The number of thiocarbonyl (C=S) groups is 1. The number of aromatic nitrogens is 1. The van der Waals surface area contributed by atoms with Crippen molar-refractivity contribution < 1.29 is 22.7 Å². The number of rotatable bonds is 4. The topological polar surface area (TPSA) is 63.2 Å². The van der Waals surface area contributed by atoms with Crippen LogP contribution in [0, 0.1) is 5.92 Å². The van der Waals surface area contributed by atoms with Gasteiger partial charge in [-0.15, -0.1) is 0 Å². The molecule has 0 bridgehead atoms. The highest BCUT2D eigenvalue weighted by Crippen LogP contribution is 2.37. The van der Waals surface area contributed by atoms with E-state index in [9.17, 15) is 18.0 Å². The van der Waals surface area contributed by atoms with E-state index in [-0.39, 0.29) is 28.9 Å². The summed E-state index contributed by atoms with van der Waals surface area (Å²) < 4.78 is 45.2. The van der Waals surface area contributed by atoms with Gasteiger partial charge < -0.3 is 15.4 Å². The summed E-state index contributed by atoms with van der Waals surface area (Å²) in [6.45, 7) is 5.43. The molecule has 2 rings (SSSR count). The summed E-state index contributed by atoms with van der Waals surface area (Å²) in [4.78, 5) is 16.3. The molecule has 2 N–H and O–H groups in total. The van der Waals surface area contributed by atoms with E-state index in [2.05, 4.69) is 15.6 Å². The van der Waals surface area contributed by atoms with Gasteiger partial charge in [0.25, 0.3) is 0 Å². The Morgan fingerprint density at radius 1 is 1.44 bits per heavy atom. The standard InChI is InChI=1S/C16H18F3N3O2S/c1-8(2)7-24-14(23)11-9(3)21-15(25)22-13(11)12-10(16(17,18)19)5-4-6-20-12/h4-6,8,13H,7H2,1-3H3,(H2,21,22,25)/t13-/m1/s1. The van der Waals surface area contributed by atoms with Crippen LogP contribution in [0.1, 0.15) is 38.1 Å². The van der Waals surface area contributed by atoms with E-state index in [1.165, 1.54) is 12.3 Å². The monoisotopic (exact) mass is 373 g/mol. The summed E-state index contributed by atoms with van der Waals surface area (Å²) >= 11 is 5.02. The number of hydrogen-bond acceptors (Lipinski definition) is 4. The lowest BCUT2D eigenvalue weighted by Crippen LogP contribution is -2.46. The van der Waals surface area contributed by atoms with Crippen LogP contribution in [0.4, 0.5) is 13.2 Å². The molecule has 9 heteroatoms. The molecule has 1 aromatic rings. The van der Waals surface area contributed by atoms with Gasteiger partial charge in [-0.3, -0.25) is 4.98 Å². The average molecular weight is 373 g/mol. The van der Waals surface area contributed by atoms with Crippen LogP contribution < -0.4 is 10.6 Å². The molecule has 0 unspecified atom stereocenters. The number of nitrogens with one attached hydrogen (secondary N) is 2. The molecule has 1 aliphatic heterocycles. The number of hydrogen-bond donors (Lipinski definition) is 2.